The Kier molecular flexibility index (Phi) is 6.08. The molecule has 3 aromatic rings. The van der Waals surface area contributed by atoms with E-state index in [9.17, 15) is 9.18 Å². The van der Waals surface area contributed by atoms with Gasteiger partial charge in [-0.3, -0.25) is 9.89 Å². The molecule has 0 aliphatic carbocycles. The van der Waals surface area contributed by atoms with Crippen molar-refractivity contribution in [3.8, 4) is 5.75 Å². The molecule has 1 heterocycles. The highest BCUT2D eigenvalue weighted by Crippen LogP contribution is 2.18. The van der Waals surface area contributed by atoms with E-state index < -0.39 is 0 Å². The molecule has 0 aliphatic rings. The molecular formula is C19H19FN4O2S. The minimum absolute atomic E-state index is 0.163. The molecule has 1 amide bonds. The molecule has 3 rings (SSSR count). The number of H-pyrrole nitrogens is 1. The van der Waals surface area contributed by atoms with Crippen LogP contribution in [0.5, 0.6) is 5.75 Å². The topological polar surface area (TPSA) is 79.9 Å². The van der Waals surface area contributed by atoms with Gasteiger partial charge in [0, 0.05) is 12.1 Å². The summed E-state index contributed by atoms with van der Waals surface area (Å²) in [6.07, 6.45) is 0.610. The largest absolute Gasteiger partial charge is 0.497 e. The van der Waals surface area contributed by atoms with E-state index in [1.54, 1.807) is 20.1 Å². The fraction of sp³-hybridized carbons (Fsp3) is 0.211. The molecule has 2 aromatic carbocycles. The third-order valence-corrected chi connectivity index (χ3v) is 4.68. The molecule has 0 aliphatic heterocycles. The van der Waals surface area contributed by atoms with Crippen molar-refractivity contribution in [2.45, 2.75) is 18.5 Å². The maximum atomic E-state index is 13.1. The van der Waals surface area contributed by atoms with Crippen LogP contribution in [-0.4, -0.2) is 34.0 Å². The second-order valence-corrected chi connectivity index (χ2v) is 6.83. The average molecular weight is 386 g/mol. The molecule has 0 unspecified atom stereocenters. The number of carbonyl (C=O) groups is 1. The quantitative estimate of drug-likeness (QED) is 0.607. The third-order valence-electron chi connectivity index (χ3n) is 3.84. The van der Waals surface area contributed by atoms with Gasteiger partial charge in [0.15, 0.2) is 0 Å². The minimum Gasteiger partial charge on any atom is -0.497 e. The fourth-order valence-corrected chi connectivity index (χ4v) is 3.06. The highest BCUT2D eigenvalue weighted by Gasteiger charge is 2.10. The van der Waals surface area contributed by atoms with Gasteiger partial charge in [0.05, 0.1) is 12.9 Å². The molecule has 0 fully saturated rings. The fourth-order valence-electron chi connectivity index (χ4n) is 2.44. The van der Waals surface area contributed by atoms with Gasteiger partial charge >= 0.3 is 0 Å². The Hall–Kier alpha value is -2.87. The highest BCUT2D eigenvalue weighted by molar-refractivity contribution is 7.99. The molecule has 8 heteroatoms. The van der Waals surface area contributed by atoms with E-state index in [1.165, 1.54) is 23.9 Å². The molecule has 2 N–H and O–H groups in total. The van der Waals surface area contributed by atoms with Gasteiger partial charge in [0.2, 0.25) is 11.1 Å². The molecule has 27 heavy (non-hydrogen) atoms. The normalized spacial score (nSPS) is 10.6. The summed E-state index contributed by atoms with van der Waals surface area (Å²) < 4.78 is 18.2. The molecular weight excluding hydrogens is 367 g/mol. The molecule has 140 valence electrons. The van der Waals surface area contributed by atoms with Crippen molar-refractivity contribution in [3.05, 3.63) is 65.2 Å². The first-order valence-electron chi connectivity index (χ1n) is 8.26. The van der Waals surface area contributed by atoms with Gasteiger partial charge in [-0.05, 0) is 48.4 Å². The molecule has 0 saturated heterocycles. The van der Waals surface area contributed by atoms with Crippen LogP contribution < -0.4 is 10.1 Å². The lowest BCUT2D eigenvalue weighted by atomic mass is 10.1. The smallest absolute Gasteiger partial charge is 0.234 e. The molecule has 0 bridgehead atoms. The van der Waals surface area contributed by atoms with E-state index in [2.05, 4.69) is 20.5 Å². The van der Waals surface area contributed by atoms with Crippen LogP contribution in [0, 0.1) is 12.7 Å². The first kappa shape index (κ1) is 18.9. The number of nitrogens with zero attached hydrogens (tertiary/aromatic N) is 2. The van der Waals surface area contributed by atoms with Crippen molar-refractivity contribution in [2.24, 2.45) is 0 Å². The second kappa shape index (κ2) is 8.68. The summed E-state index contributed by atoms with van der Waals surface area (Å²) >= 11 is 1.23. The van der Waals surface area contributed by atoms with Crippen LogP contribution in [0.3, 0.4) is 0 Å². The number of thioether (sulfide) groups is 1. The van der Waals surface area contributed by atoms with Crippen molar-refractivity contribution >= 4 is 23.4 Å². The zero-order chi connectivity index (χ0) is 19.2. The summed E-state index contributed by atoms with van der Waals surface area (Å²) in [6, 6.07) is 12.0. The Balaban J connectivity index is 1.52. The predicted molar refractivity (Wildman–Crippen MR) is 103 cm³/mol. The number of anilines is 1. The minimum atomic E-state index is -0.329. The number of aromatic nitrogens is 3. The van der Waals surface area contributed by atoms with E-state index in [4.69, 9.17) is 4.74 Å². The lowest BCUT2D eigenvalue weighted by molar-refractivity contribution is -0.113. The number of aromatic amines is 1. The molecule has 1 aromatic heterocycles. The Morgan fingerprint density at radius 2 is 2.04 bits per heavy atom. The standard InChI is InChI=1S/C19H19FN4O2S/c1-12-9-14(20)5-8-16(12)21-18(25)11-27-19-22-17(23-24-19)10-13-3-6-15(26-2)7-4-13/h3-9H,10-11H2,1-2H3,(H,21,25)(H,22,23,24). The zero-order valence-electron chi connectivity index (χ0n) is 15.0. The number of halogens is 1. The van der Waals surface area contributed by atoms with Crippen molar-refractivity contribution in [1.29, 1.82) is 0 Å². The number of aryl methyl sites for hydroxylation is 1. The summed E-state index contributed by atoms with van der Waals surface area (Å²) in [5.41, 5.74) is 2.35. The van der Waals surface area contributed by atoms with Crippen LogP contribution >= 0.6 is 11.8 Å². The van der Waals surface area contributed by atoms with E-state index in [0.29, 0.717) is 22.8 Å². The summed E-state index contributed by atoms with van der Waals surface area (Å²) in [4.78, 5) is 16.5. The summed E-state index contributed by atoms with van der Waals surface area (Å²) in [5.74, 6) is 1.16. The molecule has 0 atom stereocenters. The van der Waals surface area contributed by atoms with Crippen LogP contribution in [0.1, 0.15) is 17.0 Å². The van der Waals surface area contributed by atoms with E-state index >= 15 is 0 Å². The predicted octanol–water partition coefficient (Wildman–Crippen LogP) is 3.58. The number of carbonyl (C=O) groups excluding carboxylic acids is 1. The number of nitrogens with one attached hydrogen (secondary N) is 2. The van der Waals surface area contributed by atoms with E-state index in [1.807, 2.05) is 24.3 Å². The number of hydrogen-bond acceptors (Lipinski definition) is 5. The first-order valence-corrected chi connectivity index (χ1v) is 9.25. The van der Waals surface area contributed by atoms with Gasteiger partial charge in [-0.15, -0.1) is 5.10 Å². The van der Waals surface area contributed by atoms with Gasteiger partial charge in [0.1, 0.15) is 17.4 Å². The first-order chi connectivity index (χ1) is 13.0. The molecule has 0 radical (unpaired) electrons. The zero-order valence-corrected chi connectivity index (χ0v) is 15.8. The Morgan fingerprint density at radius 1 is 1.26 bits per heavy atom. The summed E-state index contributed by atoms with van der Waals surface area (Å²) in [7, 11) is 1.63. The van der Waals surface area contributed by atoms with Crippen molar-refractivity contribution in [3.63, 3.8) is 0 Å². The van der Waals surface area contributed by atoms with Gasteiger partial charge in [0.25, 0.3) is 0 Å². The Bertz CT molecular complexity index is 928. The lowest BCUT2D eigenvalue weighted by Crippen LogP contribution is -2.15. The number of methoxy groups -OCH3 is 1. The molecule has 6 nitrogen and oxygen atoms in total. The summed E-state index contributed by atoms with van der Waals surface area (Å²) in [6.45, 7) is 1.74. The third kappa shape index (κ3) is 5.30. The Morgan fingerprint density at radius 3 is 2.74 bits per heavy atom. The lowest BCUT2D eigenvalue weighted by Gasteiger charge is -2.07. The van der Waals surface area contributed by atoms with Gasteiger partial charge in [-0.2, -0.15) is 0 Å². The number of hydrogen-bond donors (Lipinski definition) is 2. The van der Waals surface area contributed by atoms with Crippen LogP contribution in [0.25, 0.3) is 0 Å². The van der Waals surface area contributed by atoms with E-state index in [0.717, 1.165) is 17.1 Å². The molecule has 0 saturated carbocycles. The van der Waals surface area contributed by atoms with Crippen LogP contribution in [0.15, 0.2) is 47.6 Å². The van der Waals surface area contributed by atoms with Crippen molar-refractivity contribution in [2.75, 3.05) is 18.2 Å². The van der Waals surface area contributed by atoms with Crippen LogP contribution in [-0.2, 0) is 11.2 Å². The van der Waals surface area contributed by atoms with Gasteiger partial charge < -0.3 is 10.1 Å². The van der Waals surface area contributed by atoms with Crippen molar-refractivity contribution < 1.29 is 13.9 Å². The van der Waals surface area contributed by atoms with Crippen LogP contribution in [0.2, 0.25) is 0 Å². The average Bonchev–Trinajstić information content (AvgIpc) is 3.10. The second-order valence-electron chi connectivity index (χ2n) is 5.89. The van der Waals surface area contributed by atoms with Crippen molar-refractivity contribution in [1.82, 2.24) is 15.2 Å². The SMILES string of the molecule is COc1ccc(Cc2nc(SCC(=O)Nc3ccc(F)cc3C)n[nH]2)cc1. The Labute approximate surface area is 160 Å². The number of rotatable bonds is 7. The molecule has 0 spiro atoms. The summed E-state index contributed by atoms with van der Waals surface area (Å²) in [5, 5.41) is 10.3. The van der Waals surface area contributed by atoms with Gasteiger partial charge in [-0.25, -0.2) is 9.37 Å². The van der Waals surface area contributed by atoms with Gasteiger partial charge in [-0.1, -0.05) is 23.9 Å². The maximum absolute atomic E-state index is 13.1. The number of amides is 1. The monoisotopic (exact) mass is 386 g/mol. The number of ether oxygens (including phenoxy) is 1. The maximum Gasteiger partial charge on any atom is 0.234 e. The van der Waals surface area contributed by atoms with Crippen LogP contribution in [0.4, 0.5) is 10.1 Å². The number of benzene rings is 2. The van der Waals surface area contributed by atoms with E-state index in [-0.39, 0.29) is 17.5 Å². The highest BCUT2D eigenvalue weighted by atomic mass is 32.2.